The quantitative estimate of drug-likeness (QED) is 0.569. The molecule has 0 aromatic heterocycles. The van der Waals surface area contributed by atoms with E-state index in [4.69, 9.17) is 9.84 Å². The Labute approximate surface area is 111 Å². The number of carboxylic acid groups (broad SMARTS) is 1. The van der Waals surface area contributed by atoms with Crippen molar-refractivity contribution in [3.63, 3.8) is 0 Å². The molecule has 1 aromatic rings. The fourth-order valence-electron chi connectivity index (χ4n) is 1.36. The molecule has 104 valence electrons. The van der Waals surface area contributed by atoms with Gasteiger partial charge in [-0.2, -0.15) is 0 Å². The molecule has 0 unspecified atom stereocenters. The number of esters is 1. The summed E-state index contributed by atoms with van der Waals surface area (Å²) in [5, 5.41) is 20.6. The summed E-state index contributed by atoms with van der Waals surface area (Å²) in [5.41, 5.74) is -0.280. The van der Waals surface area contributed by atoms with Gasteiger partial charge in [0.2, 0.25) is 0 Å². The average molecular weight is 267 g/mol. The molecular formula is C13H17NO5. The van der Waals surface area contributed by atoms with Crippen molar-refractivity contribution in [1.29, 1.82) is 0 Å². The number of aromatic hydroxyl groups is 1. The average Bonchev–Trinajstić information content (AvgIpc) is 2.24. The number of carbonyl (C=O) groups excluding carboxylic acids is 1. The first-order valence-corrected chi connectivity index (χ1v) is 5.71. The van der Waals surface area contributed by atoms with E-state index in [1.165, 1.54) is 18.2 Å². The molecule has 6 heteroatoms. The standard InChI is InChI=1S/C13H17NO5/c1-13(2,3)19-12(18)9-6-8(15)4-5-10(9)14-7-11(16)17/h4-6,14-15H,7H2,1-3H3,(H,16,17). The van der Waals surface area contributed by atoms with Crippen LogP contribution in [0.1, 0.15) is 31.1 Å². The topological polar surface area (TPSA) is 95.9 Å². The molecule has 0 radical (unpaired) electrons. The van der Waals surface area contributed by atoms with Gasteiger partial charge in [0, 0.05) is 5.69 Å². The molecule has 0 amide bonds. The Morgan fingerprint density at radius 1 is 1.32 bits per heavy atom. The van der Waals surface area contributed by atoms with E-state index in [-0.39, 0.29) is 17.9 Å². The third kappa shape index (κ3) is 4.87. The first-order chi connectivity index (χ1) is 8.69. The zero-order valence-corrected chi connectivity index (χ0v) is 11.1. The molecule has 0 aliphatic carbocycles. The van der Waals surface area contributed by atoms with E-state index in [1.54, 1.807) is 20.8 Å². The minimum Gasteiger partial charge on any atom is -0.508 e. The highest BCUT2D eigenvalue weighted by atomic mass is 16.6. The van der Waals surface area contributed by atoms with Crippen LogP contribution in [0.5, 0.6) is 5.75 Å². The predicted octanol–water partition coefficient (Wildman–Crippen LogP) is 1.84. The molecule has 1 aromatic carbocycles. The number of ether oxygens (including phenoxy) is 1. The van der Waals surface area contributed by atoms with Gasteiger partial charge in [0.15, 0.2) is 0 Å². The third-order valence-electron chi connectivity index (χ3n) is 2.05. The summed E-state index contributed by atoms with van der Waals surface area (Å²) in [6, 6.07) is 4.02. The van der Waals surface area contributed by atoms with E-state index in [2.05, 4.69) is 5.32 Å². The molecule has 0 spiro atoms. The number of rotatable bonds is 4. The Kier molecular flexibility index (Phi) is 4.37. The van der Waals surface area contributed by atoms with Crippen LogP contribution >= 0.6 is 0 Å². The number of phenolic OH excluding ortho intramolecular Hbond substituents is 1. The van der Waals surface area contributed by atoms with Gasteiger partial charge in [0.1, 0.15) is 17.9 Å². The van der Waals surface area contributed by atoms with E-state index < -0.39 is 17.5 Å². The number of hydrogen-bond acceptors (Lipinski definition) is 5. The SMILES string of the molecule is CC(C)(C)OC(=O)c1cc(O)ccc1NCC(=O)O. The van der Waals surface area contributed by atoms with Crippen molar-refractivity contribution in [2.24, 2.45) is 0 Å². The van der Waals surface area contributed by atoms with E-state index in [1.807, 2.05) is 0 Å². The number of carbonyl (C=O) groups is 2. The fraction of sp³-hybridized carbons (Fsp3) is 0.385. The van der Waals surface area contributed by atoms with E-state index >= 15 is 0 Å². The first-order valence-electron chi connectivity index (χ1n) is 5.71. The first kappa shape index (κ1) is 14.8. The molecule has 19 heavy (non-hydrogen) atoms. The zero-order valence-electron chi connectivity index (χ0n) is 11.1. The monoisotopic (exact) mass is 267 g/mol. The maximum atomic E-state index is 12.0. The molecule has 3 N–H and O–H groups in total. The fourth-order valence-corrected chi connectivity index (χ4v) is 1.36. The van der Waals surface area contributed by atoms with Gasteiger partial charge in [-0.15, -0.1) is 0 Å². The lowest BCUT2D eigenvalue weighted by molar-refractivity contribution is -0.134. The second kappa shape index (κ2) is 5.60. The number of phenols is 1. The van der Waals surface area contributed by atoms with Crippen LogP contribution in [0.2, 0.25) is 0 Å². The van der Waals surface area contributed by atoms with Crippen LogP contribution in [0.4, 0.5) is 5.69 Å². The number of hydrogen-bond donors (Lipinski definition) is 3. The van der Waals surface area contributed by atoms with Crippen molar-refractivity contribution in [3.8, 4) is 5.75 Å². The van der Waals surface area contributed by atoms with Gasteiger partial charge in [0.05, 0.1) is 5.56 Å². The molecule has 1 rings (SSSR count). The number of aliphatic carboxylic acids is 1. The van der Waals surface area contributed by atoms with Gasteiger partial charge in [0.25, 0.3) is 0 Å². The number of carboxylic acids is 1. The maximum absolute atomic E-state index is 12.0. The second-order valence-corrected chi connectivity index (χ2v) is 4.98. The molecule has 0 saturated carbocycles. The highest BCUT2D eigenvalue weighted by Gasteiger charge is 2.21. The van der Waals surface area contributed by atoms with E-state index in [9.17, 15) is 14.7 Å². The van der Waals surface area contributed by atoms with Gasteiger partial charge < -0.3 is 20.3 Å². The molecule has 0 saturated heterocycles. The number of anilines is 1. The summed E-state index contributed by atoms with van der Waals surface area (Å²) >= 11 is 0. The minimum atomic E-state index is -1.05. The second-order valence-electron chi connectivity index (χ2n) is 4.98. The van der Waals surface area contributed by atoms with Crippen molar-refractivity contribution < 1.29 is 24.5 Å². The van der Waals surface area contributed by atoms with E-state index in [0.717, 1.165) is 0 Å². The Bertz CT molecular complexity index is 490. The van der Waals surface area contributed by atoms with Gasteiger partial charge in [-0.05, 0) is 39.0 Å². The molecular weight excluding hydrogens is 250 g/mol. The van der Waals surface area contributed by atoms with Crippen LogP contribution in [0.15, 0.2) is 18.2 Å². The van der Waals surface area contributed by atoms with Crippen molar-refractivity contribution in [1.82, 2.24) is 0 Å². The molecule has 0 aliphatic rings. The van der Waals surface area contributed by atoms with Gasteiger partial charge >= 0.3 is 11.9 Å². The summed E-state index contributed by atoms with van der Waals surface area (Å²) < 4.78 is 5.19. The normalized spacial score (nSPS) is 10.9. The van der Waals surface area contributed by atoms with Crippen molar-refractivity contribution in [3.05, 3.63) is 23.8 Å². The highest BCUT2D eigenvalue weighted by Crippen LogP contribution is 2.23. The van der Waals surface area contributed by atoms with Crippen LogP contribution < -0.4 is 5.32 Å². The smallest absolute Gasteiger partial charge is 0.340 e. The largest absolute Gasteiger partial charge is 0.508 e. The lowest BCUT2D eigenvalue weighted by atomic mass is 10.1. The summed E-state index contributed by atoms with van der Waals surface area (Å²) in [7, 11) is 0. The summed E-state index contributed by atoms with van der Waals surface area (Å²) in [6.07, 6.45) is 0. The molecule has 6 nitrogen and oxygen atoms in total. The van der Waals surface area contributed by atoms with Gasteiger partial charge in [-0.25, -0.2) is 4.79 Å². The number of benzene rings is 1. The highest BCUT2D eigenvalue weighted by molar-refractivity contribution is 5.96. The Balaban J connectivity index is 2.99. The third-order valence-corrected chi connectivity index (χ3v) is 2.05. The Morgan fingerprint density at radius 3 is 2.47 bits per heavy atom. The van der Waals surface area contributed by atoms with Crippen LogP contribution in [0.3, 0.4) is 0 Å². The molecule has 0 bridgehead atoms. The summed E-state index contributed by atoms with van der Waals surface area (Å²) in [4.78, 5) is 22.5. The molecule has 0 heterocycles. The van der Waals surface area contributed by atoms with Crippen molar-refractivity contribution in [2.45, 2.75) is 26.4 Å². The van der Waals surface area contributed by atoms with Crippen molar-refractivity contribution >= 4 is 17.6 Å². The van der Waals surface area contributed by atoms with Gasteiger partial charge in [-0.3, -0.25) is 4.79 Å². The predicted molar refractivity (Wildman–Crippen MR) is 69.4 cm³/mol. The lowest BCUT2D eigenvalue weighted by Gasteiger charge is -2.20. The summed E-state index contributed by atoms with van der Waals surface area (Å²) in [5.74, 6) is -1.78. The Morgan fingerprint density at radius 2 is 1.95 bits per heavy atom. The zero-order chi connectivity index (χ0) is 14.6. The van der Waals surface area contributed by atoms with E-state index in [0.29, 0.717) is 5.69 Å². The number of nitrogens with one attached hydrogen (secondary N) is 1. The van der Waals surface area contributed by atoms with Crippen LogP contribution in [-0.2, 0) is 9.53 Å². The minimum absolute atomic E-state index is 0.0937. The molecule has 0 atom stereocenters. The van der Waals surface area contributed by atoms with Gasteiger partial charge in [-0.1, -0.05) is 0 Å². The Hall–Kier alpha value is -2.24. The molecule has 0 fully saturated rings. The van der Waals surface area contributed by atoms with Crippen LogP contribution in [0.25, 0.3) is 0 Å². The maximum Gasteiger partial charge on any atom is 0.340 e. The van der Waals surface area contributed by atoms with Crippen LogP contribution in [-0.4, -0.2) is 34.3 Å². The molecule has 0 aliphatic heterocycles. The van der Waals surface area contributed by atoms with Crippen molar-refractivity contribution in [2.75, 3.05) is 11.9 Å². The lowest BCUT2D eigenvalue weighted by Crippen LogP contribution is -2.25. The summed E-state index contributed by atoms with van der Waals surface area (Å²) in [6.45, 7) is 4.83. The van der Waals surface area contributed by atoms with Crippen LogP contribution in [0, 0.1) is 0 Å².